The number of rotatable bonds is 4. The fourth-order valence-electron chi connectivity index (χ4n) is 2.11. The van der Waals surface area contributed by atoms with E-state index in [4.69, 9.17) is 9.15 Å². The van der Waals surface area contributed by atoms with Crippen molar-refractivity contribution < 1.29 is 18.7 Å². The Morgan fingerprint density at radius 2 is 1.87 bits per heavy atom. The summed E-state index contributed by atoms with van der Waals surface area (Å²) in [5, 5.41) is 2.73. The molecule has 0 aliphatic carbocycles. The SMILES string of the molecule is COC(=O)[C@@H](NC(=O)c1ccc(-c2cnco2)cc1)C(C)(C)C. The Labute approximate surface area is 134 Å². The number of oxazole rings is 1. The molecule has 0 bridgehead atoms. The summed E-state index contributed by atoms with van der Waals surface area (Å²) in [6.07, 6.45) is 2.95. The second-order valence-corrected chi connectivity index (χ2v) is 6.24. The van der Waals surface area contributed by atoms with E-state index in [0.717, 1.165) is 5.56 Å². The molecule has 0 radical (unpaired) electrons. The molecule has 0 unspecified atom stereocenters. The highest BCUT2D eigenvalue weighted by molar-refractivity contribution is 5.97. The van der Waals surface area contributed by atoms with E-state index < -0.39 is 17.4 Å². The smallest absolute Gasteiger partial charge is 0.328 e. The number of benzene rings is 1. The van der Waals surface area contributed by atoms with Crippen LogP contribution in [0.15, 0.2) is 41.3 Å². The number of hydrogen-bond donors (Lipinski definition) is 1. The standard InChI is InChI=1S/C17H20N2O4/c1-17(2,3)14(16(21)22-4)19-15(20)12-7-5-11(6-8-12)13-9-18-10-23-13/h5-10,14H,1-4H3,(H,19,20)/t14-/m1/s1. The maximum atomic E-state index is 12.4. The van der Waals surface area contributed by atoms with Crippen LogP contribution in [-0.2, 0) is 9.53 Å². The molecule has 23 heavy (non-hydrogen) atoms. The lowest BCUT2D eigenvalue weighted by atomic mass is 9.86. The number of carbonyl (C=O) groups is 2. The van der Waals surface area contributed by atoms with Crippen LogP contribution in [0.1, 0.15) is 31.1 Å². The molecule has 1 N–H and O–H groups in total. The van der Waals surface area contributed by atoms with Gasteiger partial charge in [-0.25, -0.2) is 9.78 Å². The molecule has 1 aromatic carbocycles. The third kappa shape index (κ3) is 3.97. The molecule has 1 atom stereocenters. The van der Waals surface area contributed by atoms with Gasteiger partial charge in [-0.15, -0.1) is 0 Å². The Hall–Kier alpha value is -2.63. The van der Waals surface area contributed by atoms with Gasteiger partial charge in [-0.3, -0.25) is 4.79 Å². The van der Waals surface area contributed by atoms with Crippen LogP contribution in [0.4, 0.5) is 0 Å². The Bertz CT molecular complexity index is 670. The van der Waals surface area contributed by atoms with Crippen molar-refractivity contribution in [2.75, 3.05) is 7.11 Å². The molecule has 1 heterocycles. The molecule has 0 aliphatic rings. The van der Waals surface area contributed by atoms with Crippen LogP contribution < -0.4 is 5.32 Å². The predicted molar refractivity (Wildman–Crippen MR) is 84.7 cm³/mol. The van der Waals surface area contributed by atoms with Crippen LogP contribution in [0, 0.1) is 5.41 Å². The Kier molecular flexibility index (Phi) is 4.83. The van der Waals surface area contributed by atoms with Crippen molar-refractivity contribution >= 4 is 11.9 Å². The molecule has 0 saturated carbocycles. The average Bonchev–Trinajstić information content (AvgIpc) is 3.05. The number of ether oxygens (including phenoxy) is 1. The highest BCUT2D eigenvalue weighted by atomic mass is 16.5. The predicted octanol–water partition coefficient (Wildman–Crippen LogP) is 2.66. The van der Waals surface area contributed by atoms with Gasteiger partial charge < -0.3 is 14.5 Å². The second-order valence-electron chi connectivity index (χ2n) is 6.24. The third-order valence-corrected chi connectivity index (χ3v) is 3.44. The minimum atomic E-state index is -0.728. The van der Waals surface area contributed by atoms with Crippen LogP contribution in [0.3, 0.4) is 0 Å². The second kappa shape index (κ2) is 6.64. The summed E-state index contributed by atoms with van der Waals surface area (Å²) in [5.41, 5.74) is 0.813. The molecule has 2 rings (SSSR count). The molecule has 6 nitrogen and oxygen atoms in total. The number of nitrogens with one attached hydrogen (secondary N) is 1. The summed E-state index contributed by atoms with van der Waals surface area (Å²) in [6.45, 7) is 5.59. The van der Waals surface area contributed by atoms with Crippen LogP contribution >= 0.6 is 0 Å². The van der Waals surface area contributed by atoms with E-state index in [2.05, 4.69) is 10.3 Å². The highest BCUT2D eigenvalue weighted by Crippen LogP contribution is 2.22. The maximum Gasteiger partial charge on any atom is 0.328 e. The van der Waals surface area contributed by atoms with Gasteiger partial charge >= 0.3 is 5.97 Å². The first-order valence-corrected chi connectivity index (χ1v) is 7.20. The van der Waals surface area contributed by atoms with Crippen LogP contribution in [-0.4, -0.2) is 30.0 Å². The zero-order valence-corrected chi connectivity index (χ0v) is 13.6. The number of carbonyl (C=O) groups excluding carboxylic acids is 2. The van der Waals surface area contributed by atoms with Gasteiger partial charge in [0.15, 0.2) is 12.2 Å². The minimum Gasteiger partial charge on any atom is -0.467 e. The lowest BCUT2D eigenvalue weighted by molar-refractivity contribution is -0.145. The summed E-state index contributed by atoms with van der Waals surface area (Å²) in [7, 11) is 1.30. The van der Waals surface area contributed by atoms with Crippen molar-refractivity contribution in [1.29, 1.82) is 0 Å². The first-order valence-electron chi connectivity index (χ1n) is 7.20. The van der Waals surface area contributed by atoms with Gasteiger partial charge in [0.1, 0.15) is 6.04 Å². The van der Waals surface area contributed by atoms with Gasteiger partial charge in [0, 0.05) is 11.1 Å². The fourth-order valence-corrected chi connectivity index (χ4v) is 2.11. The van der Waals surface area contributed by atoms with Crippen LogP contribution in [0.25, 0.3) is 11.3 Å². The third-order valence-electron chi connectivity index (χ3n) is 3.44. The zero-order chi connectivity index (χ0) is 17.0. The number of amides is 1. The summed E-state index contributed by atoms with van der Waals surface area (Å²) in [5.74, 6) is -0.178. The number of methoxy groups -OCH3 is 1. The summed E-state index contributed by atoms with van der Waals surface area (Å²) >= 11 is 0. The van der Waals surface area contributed by atoms with E-state index in [1.54, 1.807) is 30.5 Å². The van der Waals surface area contributed by atoms with E-state index in [-0.39, 0.29) is 5.91 Å². The molecular weight excluding hydrogens is 296 g/mol. The normalized spacial score (nSPS) is 12.5. The summed E-state index contributed by atoms with van der Waals surface area (Å²) < 4.78 is 9.97. The molecule has 0 aliphatic heterocycles. The van der Waals surface area contributed by atoms with Crippen molar-refractivity contribution in [3.63, 3.8) is 0 Å². The molecular formula is C17H20N2O4. The van der Waals surface area contributed by atoms with Gasteiger partial charge in [-0.05, 0) is 17.5 Å². The van der Waals surface area contributed by atoms with E-state index in [0.29, 0.717) is 11.3 Å². The summed E-state index contributed by atoms with van der Waals surface area (Å²) in [6, 6.07) is 6.14. The topological polar surface area (TPSA) is 81.4 Å². The first-order chi connectivity index (χ1) is 10.8. The van der Waals surface area contributed by atoms with Gasteiger partial charge in [-0.1, -0.05) is 32.9 Å². The van der Waals surface area contributed by atoms with Gasteiger partial charge in [-0.2, -0.15) is 0 Å². The highest BCUT2D eigenvalue weighted by Gasteiger charge is 2.33. The van der Waals surface area contributed by atoms with Crippen molar-refractivity contribution in [3.05, 3.63) is 42.4 Å². The van der Waals surface area contributed by atoms with E-state index in [9.17, 15) is 9.59 Å². The van der Waals surface area contributed by atoms with Crippen molar-refractivity contribution in [1.82, 2.24) is 10.3 Å². The van der Waals surface area contributed by atoms with Crippen molar-refractivity contribution in [2.45, 2.75) is 26.8 Å². The molecule has 1 amide bonds. The monoisotopic (exact) mass is 316 g/mol. The van der Waals surface area contributed by atoms with Gasteiger partial charge in [0.05, 0.1) is 13.3 Å². The van der Waals surface area contributed by atoms with Crippen molar-refractivity contribution in [2.24, 2.45) is 5.41 Å². The number of hydrogen-bond acceptors (Lipinski definition) is 5. The van der Waals surface area contributed by atoms with E-state index in [1.165, 1.54) is 13.5 Å². The molecule has 1 aromatic heterocycles. The van der Waals surface area contributed by atoms with E-state index in [1.807, 2.05) is 20.8 Å². The Morgan fingerprint density at radius 3 is 2.35 bits per heavy atom. The van der Waals surface area contributed by atoms with Crippen molar-refractivity contribution in [3.8, 4) is 11.3 Å². The lowest BCUT2D eigenvalue weighted by Crippen LogP contribution is -2.49. The molecule has 2 aromatic rings. The fraction of sp³-hybridized carbons (Fsp3) is 0.353. The largest absolute Gasteiger partial charge is 0.467 e. The Balaban J connectivity index is 2.15. The van der Waals surface area contributed by atoms with Gasteiger partial charge in [0.2, 0.25) is 0 Å². The number of aromatic nitrogens is 1. The van der Waals surface area contributed by atoms with E-state index >= 15 is 0 Å². The molecule has 6 heteroatoms. The number of esters is 1. The molecule has 0 fully saturated rings. The van der Waals surface area contributed by atoms with Gasteiger partial charge in [0.25, 0.3) is 5.91 Å². The first kappa shape index (κ1) is 16.7. The number of nitrogens with zero attached hydrogens (tertiary/aromatic N) is 1. The van der Waals surface area contributed by atoms with Crippen LogP contribution in [0.2, 0.25) is 0 Å². The average molecular weight is 316 g/mol. The van der Waals surface area contributed by atoms with Crippen LogP contribution in [0.5, 0.6) is 0 Å². The molecule has 0 saturated heterocycles. The molecule has 122 valence electrons. The zero-order valence-electron chi connectivity index (χ0n) is 13.6. The quantitative estimate of drug-likeness (QED) is 0.877. The molecule has 0 spiro atoms. The Morgan fingerprint density at radius 1 is 1.22 bits per heavy atom. The summed E-state index contributed by atoms with van der Waals surface area (Å²) in [4.78, 5) is 28.1. The lowest BCUT2D eigenvalue weighted by Gasteiger charge is -2.29. The minimum absolute atomic E-state index is 0.334. The maximum absolute atomic E-state index is 12.4.